The van der Waals surface area contributed by atoms with Crippen LogP contribution >= 0.6 is 11.3 Å². The second-order valence-corrected chi connectivity index (χ2v) is 4.20. The normalized spacial score (nSPS) is 10.4. The first kappa shape index (κ1) is 11.4. The van der Waals surface area contributed by atoms with Gasteiger partial charge in [-0.05, 0) is 23.9 Å². The van der Waals surface area contributed by atoms with Gasteiger partial charge >= 0.3 is 0 Å². The van der Waals surface area contributed by atoms with E-state index in [2.05, 4.69) is 35.6 Å². The van der Waals surface area contributed by atoms with Crippen molar-refractivity contribution in [2.45, 2.75) is 13.5 Å². The molecular weight excluding hydrogens is 192 g/mol. The van der Waals surface area contributed by atoms with Crippen LogP contribution in [-0.4, -0.2) is 19.6 Å². The summed E-state index contributed by atoms with van der Waals surface area (Å²) in [7, 11) is 0. The number of hydrogen-bond acceptors (Lipinski definition) is 3. The lowest BCUT2D eigenvalue weighted by molar-refractivity contribution is 0.638. The Labute approximate surface area is 90.0 Å². The van der Waals surface area contributed by atoms with E-state index in [4.69, 9.17) is 0 Å². The molecule has 0 radical (unpaired) electrons. The second-order valence-electron chi connectivity index (χ2n) is 3.20. The van der Waals surface area contributed by atoms with Gasteiger partial charge in [-0.3, -0.25) is 0 Å². The highest BCUT2D eigenvalue weighted by molar-refractivity contribution is 7.10. The third-order valence-corrected chi connectivity index (χ3v) is 3.04. The molecule has 0 aliphatic rings. The first-order chi connectivity index (χ1) is 6.84. The lowest BCUT2D eigenvalue weighted by Crippen LogP contribution is -2.26. The molecule has 2 nitrogen and oxygen atoms in total. The first-order valence-electron chi connectivity index (χ1n) is 4.90. The van der Waals surface area contributed by atoms with Crippen LogP contribution in [0.2, 0.25) is 0 Å². The minimum atomic E-state index is 0.889. The fourth-order valence-corrected chi connectivity index (χ4v) is 2.04. The van der Waals surface area contributed by atoms with Crippen molar-refractivity contribution in [1.82, 2.24) is 10.6 Å². The predicted octanol–water partition coefficient (Wildman–Crippen LogP) is 1.92. The van der Waals surface area contributed by atoms with Gasteiger partial charge in [0.05, 0.1) is 0 Å². The number of rotatable bonds is 7. The number of thiophene rings is 1. The molecule has 78 valence electrons. The molecule has 0 amide bonds. The van der Waals surface area contributed by atoms with Crippen LogP contribution in [-0.2, 0) is 6.54 Å². The quantitative estimate of drug-likeness (QED) is 0.531. The molecule has 0 saturated carbocycles. The van der Waals surface area contributed by atoms with Crippen molar-refractivity contribution in [2.24, 2.45) is 0 Å². The second kappa shape index (κ2) is 6.76. The van der Waals surface area contributed by atoms with E-state index < -0.39 is 0 Å². The van der Waals surface area contributed by atoms with Crippen LogP contribution in [0.5, 0.6) is 0 Å². The fourth-order valence-electron chi connectivity index (χ4n) is 1.17. The van der Waals surface area contributed by atoms with Gasteiger partial charge in [-0.25, -0.2) is 0 Å². The van der Waals surface area contributed by atoms with E-state index in [1.54, 1.807) is 0 Å². The van der Waals surface area contributed by atoms with Gasteiger partial charge in [0.1, 0.15) is 0 Å². The molecule has 2 N–H and O–H groups in total. The van der Waals surface area contributed by atoms with Crippen LogP contribution in [0.3, 0.4) is 0 Å². The molecule has 14 heavy (non-hydrogen) atoms. The van der Waals surface area contributed by atoms with Gasteiger partial charge in [0, 0.05) is 31.1 Å². The smallest absolute Gasteiger partial charge is 0.0302 e. The van der Waals surface area contributed by atoms with Gasteiger partial charge in [-0.2, -0.15) is 0 Å². The van der Waals surface area contributed by atoms with Crippen LogP contribution in [0.25, 0.3) is 0 Å². The maximum absolute atomic E-state index is 3.65. The van der Waals surface area contributed by atoms with Crippen LogP contribution in [0.1, 0.15) is 10.4 Å². The Morgan fingerprint density at radius 2 is 2.21 bits per heavy atom. The molecule has 0 aromatic carbocycles. The van der Waals surface area contributed by atoms with Gasteiger partial charge in [-0.1, -0.05) is 6.08 Å². The zero-order valence-electron chi connectivity index (χ0n) is 8.68. The molecule has 1 aromatic heterocycles. The van der Waals surface area contributed by atoms with Gasteiger partial charge in [0.15, 0.2) is 0 Å². The Morgan fingerprint density at radius 3 is 2.86 bits per heavy atom. The minimum absolute atomic E-state index is 0.889. The molecule has 1 heterocycles. The summed E-state index contributed by atoms with van der Waals surface area (Å²) in [6.45, 7) is 9.68. The van der Waals surface area contributed by atoms with Crippen molar-refractivity contribution in [1.29, 1.82) is 0 Å². The van der Waals surface area contributed by atoms with Gasteiger partial charge < -0.3 is 10.6 Å². The number of hydrogen-bond donors (Lipinski definition) is 2. The average Bonchev–Trinajstić information content (AvgIpc) is 2.58. The molecule has 1 aromatic rings. The van der Waals surface area contributed by atoms with E-state index in [9.17, 15) is 0 Å². The SMILES string of the molecule is C=CCNCCNCc1sccc1C. The monoisotopic (exact) mass is 210 g/mol. The molecule has 0 aliphatic heterocycles. The summed E-state index contributed by atoms with van der Waals surface area (Å²) in [5, 5.41) is 8.79. The van der Waals surface area contributed by atoms with E-state index >= 15 is 0 Å². The van der Waals surface area contributed by atoms with Gasteiger partial charge in [-0.15, -0.1) is 17.9 Å². The van der Waals surface area contributed by atoms with E-state index in [-0.39, 0.29) is 0 Å². The lowest BCUT2D eigenvalue weighted by atomic mass is 10.3. The molecule has 0 spiro atoms. The average molecular weight is 210 g/mol. The highest BCUT2D eigenvalue weighted by atomic mass is 32.1. The third-order valence-electron chi connectivity index (χ3n) is 2.02. The Hall–Kier alpha value is -0.640. The zero-order chi connectivity index (χ0) is 10.2. The summed E-state index contributed by atoms with van der Waals surface area (Å²) in [6.07, 6.45) is 1.88. The summed E-state index contributed by atoms with van der Waals surface area (Å²) < 4.78 is 0. The fraction of sp³-hybridized carbons (Fsp3) is 0.455. The molecule has 0 bridgehead atoms. The van der Waals surface area contributed by atoms with Crippen molar-refractivity contribution in [2.75, 3.05) is 19.6 Å². The zero-order valence-corrected chi connectivity index (χ0v) is 9.49. The number of nitrogens with one attached hydrogen (secondary N) is 2. The Kier molecular flexibility index (Phi) is 5.52. The van der Waals surface area contributed by atoms with Gasteiger partial charge in [0.25, 0.3) is 0 Å². The van der Waals surface area contributed by atoms with E-state index in [1.807, 2.05) is 17.4 Å². The van der Waals surface area contributed by atoms with Crippen LogP contribution in [0, 0.1) is 6.92 Å². The molecule has 0 aliphatic carbocycles. The van der Waals surface area contributed by atoms with Crippen LogP contribution < -0.4 is 10.6 Å². The van der Waals surface area contributed by atoms with E-state index in [0.717, 1.165) is 26.2 Å². The minimum Gasteiger partial charge on any atom is -0.312 e. The molecule has 3 heteroatoms. The molecule has 0 unspecified atom stereocenters. The van der Waals surface area contributed by atoms with Crippen LogP contribution in [0.15, 0.2) is 24.1 Å². The van der Waals surface area contributed by atoms with Crippen molar-refractivity contribution in [3.05, 3.63) is 34.5 Å². The van der Waals surface area contributed by atoms with E-state index in [0.29, 0.717) is 0 Å². The van der Waals surface area contributed by atoms with E-state index in [1.165, 1.54) is 10.4 Å². The lowest BCUT2D eigenvalue weighted by Gasteiger charge is -2.04. The highest BCUT2D eigenvalue weighted by Gasteiger charge is 1.97. The molecule has 0 fully saturated rings. The summed E-state index contributed by atoms with van der Waals surface area (Å²) in [5.41, 5.74) is 1.39. The Balaban J connectivity index is 2.04. The Bertz CT molecular complexity index is 268. The first-order valence-corrected chi connectivity index (χ1v) is 5.78. The molecule has 0 atom stereocenters. The topological polar surface area (TPSA) is 24.1 Å². The predicted molar refractivity (Wildman–Crippen MR) is 63.8 cm³/mol. The van der Waals surface area contributed by atoms with Crippen molar-refractivity contribution >= 4 is 11.3 Å². The van der Waals surface area contributed by atoms with Crippen molar-refractivity contribution < 1.29 is 0 Å². The number of aryl methyl sites for hydroxylation is 1. The largest absolute Gasteiger partial charge is 0.312 e. The van der Waals surface area contributed by atoms with Gasteiger partial charge in [0.2, 0.25) is 0 Å². The van der Waals surface area contributed by atoms with Crippen molar-refractivity contribution in [3.63, 3.8) is 0 Å². The summed E-state index contributed by atoms with van der Waals surface area (Å²) in [6, 6.07) is 2.16. The Morgan fingerprint density at radius 1 is 1.43 bits per heavy atom. The standard InChI is InChI=1S/C11H18N2S/c1-3-5-12-6-7-13-9-11-10(2)4-8-14-11/h3-4,8,12-13H,1,5-7,9H2,2H3. The van der Waals surface area contributed by atoms with Crippen LogP contribution in [0.4, 0.5) is 0 Å². The molecular formula is C11H18N2S. The highest BCUT2D eigenvalue weighted by Crippen LogP contribution is 2.14. The molecule has 1 rings (SSSR count). The maximum Gasteiger partial charge on any atom is 0.0302 e. The van der Waals surface area contributed by atoms with Crippen molar-refractivity contribution in [3.8, 4) is 0 Å². The summed E-state index contributed by atoms with van der Waals surface area (Å²) >= 11 is 1.82. The maximum atomic E-state index is 3.65. The molecule has 0 saturated heterocycles. The summed E-state index contributed by atoms with van der Waals surface area (Å²) in [4.78, 5) is 1.44. The third kappa shape index (κ3) is 4.05. The summed E-state index contributed by atoms with van der Waals surface area (Å²) in [5.74, 6) is 0.